The molecule has 2 aromatic heterocycles. The first-order valence-corrected chi connectivity index (χ1v) is 13.9. The molecule has 0 spiro atoms. The summed E-state index contributed by atoms with van der Waals surface area (Å²) in [6, 6.07) is -3.01. The van der Waals surface area contributed by atoms with Crippen LogP contribution < -0.4 is 10.6 Å². The van der Waals surface area contributed by atoms with E-state index in [-0.39, 0.29) is 15.4 Å². The standard InChI is InChI=1S/C26H30F7N5O3S/c1-11-8-25(29,30)10-38(11)23(40)17-18(42-22(37-17)21(39)35-12(2)24(3,4)41)15-9-34-16(7-14(15)20(27)28)36-19(13-5-6-13)26(31,32)33/h7,9,11-13,19-20,41H,5-6,8,10H2,1-4H3,(H,34,36)(H,35,39)/t11-,12-,19?/m0/s1. The van der Waals surface area contributed by atoms with Gasteiger partial charge in [0.1, 0.15) is 17.6 Å². The summed E-state index contributed by atoms with van der Waals surface area (Å²) in [5, 5.41) is 14.5. The van der Waals surface area contributed by atoms with Crippen LogP contribution in [0.3, 0.4) is 0 Å². The van der Waals surface area contributed by atoms with Crippen molar-refractivity contribution in [3.8, 4) is 10.4 Å². The first-order valence-electron chi connectivity index (χ1n) is 13.1. The molecule has 1 aliphatic carbocycles. The maximum atomic E-state index is 14.3. The molecule has 0 aromatic carbocycles. The summed E-state index contributed by atoms with van der Waals surface area (Å²) in [5.41, 5.74) is -3.10. The molecule has 42 heavy (non-hydrogen) atoms. The molecule has 1 saturated carbocycles. The number of carbonyl (C=O) groups excluding carboxylic acids is 2. The quantitative estimate of drug-likeness (QED) is 0.311. The number of hydrogen-bond donors (Lipinski definition) is 3. The number of thiazole rings is 1. The van der Waals surface area contributed by atoms with Gasteiger partial charge in [0.05, 0.1) is 23.1 Å². The molecule has 3 heterocycles. The Hall–Kier alpha value is -3.01. The van der Waals surface area contributed by atoms with E-state index in [2.05, 4.69) is 20.6 Å². The summed E-state index contributed by atoms with van der Waals surface area (Å²) in [6.45, 7) is 4.78. The number of aliphatic hydroxyl groups is 1. The van der Waals surface area contributed by atoms with Crippen LogP contribution in [0.15, 0.2) is 12.3 Å². The third kappa shape index (κ3) is 6.96. The number of hydrogen-bond acceptors (Lipinski definition) is 7. The lowest BCUT2D eigenvalue weighted by Crippen LogP contribution is -2.47. The van der Waals surface area contributed by atoms with Crippen molar-refractivity contribution >= 4 is 29.0 Å². The van der Waals surface area contributed by atoms with Gasteiger partial charge in [-0.15, -0.1) is 11.3 Å². The number of nitrogens with zero attached hydrogens (tertiary/aromatic N) is 3. The van der Waals surface area contributed by atoms with Gasteiger partial charge in [0.25, 0.3) is 24.2 Å². The Balaban J connectivity index is 1.77. The summed E-state index contributed by atoms with van der Waals surface area (Å²) in [4.78, 5) is 34.9. The molecular formula is C26H30F7N5O3S. The Kier molecular flexibility index (Phi) is 8.54. The van der Waals surface area contributed by atoms with Gasteiger partial charge in [-0.05, 0) is 52.5 Å². The van der Waals surface area contributed by atoms with Gasteiger partial charge in [-0.2, -0.15) is 13.2 Å². The average Bonchev–Trinajstić information content (AvgIpc) is 3.52. The highest BCUT2D eigenvalue weighted by atomic mass is 32.1. The number of anilines is 1. The van der Waals surface area contributed by atoms with Crippen molar-refractivity contribution in [1.29, 1.82) is 0 Å². The summed E-state index contributed by atoms with van der Waals surface area (Å²) in [6.07, 6.45) is -7.07. The first-order chi connectivity index (χ1) is 19.3. The fourth-order valence-corrected chi connectivity index (χ4v) is 5.57. The maximum absolute atomic E-state index is 14.3. The van der Waals surface area contributed by atoms with Crippen molar-refractivity contribution in [1.82, 2.24) is 20.2 Å². The highest BCUT2D eigenvalue weighted by Gasteiger charge is 2.49. The monoisotopic (exact) mass is 625 g/mol. The molecule has 2 aliphatic rings. The van der Waals surface area contributed by atoms with Crippen molar-refractivity contribution in [3.63, 3.8) is 0 Å². The minimum absolute atomic E-state index is 0.285. The molecule has 232 valence electrons. The third-order valence-corrected chi connectivity index (χ3v) is 8.47. The van der Waals surface area contributed by atoms with Gasteiger partial charge in [-0.1, -0.05) is 0 Å². The lowest BCUT2D eigenvalue weighted by molar-refractivity contribution is -0.146. The number of aromatic nitrogens is 2. The van der Waals surface area contributed by atoms with Gasteiger partial charge < -0.3 is 20.6 Å². The van der Waals surface area contributed by atoms with Crippen LogP contribution in [0.2, 0.25) is 0 Å². The lowest BCUT2D eigenvalue weighted by Gasteiger charge is -2.26. The number of nitrogens with one attached hydrogen (secondary N) is 2. The Morgan fingerprint density at radius 3 is 2.36 bits per heavy atom. The van der Waals surface area contributed by atoms with Gasteiger partial charge in [-0.3, -0.25) is 9.59 Å². The van der Waals surface area contributed by atoms with E-state index in [4.69, 9.17) is 0 Å². The van der Waals surface area contributed by atoms with Crippen LogP contribution in [0.5, 0.6) is 0 Å². The second kappa shape index (κ2) is 11.2. The molecule has 16 heteroatoms. The summed E-state index contributed by atoms with van der Waals surface area (Å²) < 4.78 is 97.4. The number of halogens is 7. The van der Waals surface area contributed by atoms with Crippen LogP contribution in [-0.2, 0) is 0 Å². The van der Waals surface area contributed by atoms with Gasteiger partial charge in [0, 0.05) is 29.8 Å². The van der Waals surface area contributed by atoms with Crippen molar-refractivity contribution in [2.45, 2.75) is 89.2 Å². The fourth-order valence-electron chi connectivity index (χ4n) is 4.58. The van der Waals surface area contributed by atoms with Gasteiger partial charge in [0.15, 0.2) is 5.01 Å². The molecule has 3 atom stereocenters. The number of likely N-dealkylation sites (tertiary alicyclic amines) is 1. The van der Waals surface area contributed by atoms with E-state index in [1.165, 1.54) is 27.7 Å². The topological polar surface area (TPSA) is 107 Å². The second-order valence-electron chi connectivity index (χ2n) is 11.3. The predicted molar refractivity (Wildman–Crippen MR) is 140 cm³/mol. The van der Waals surface area contributed by atoms with Crippen molar-refractivity contribution in [2.75, 3.05) is 11.9 Å². The average molecular weight is 626 g/mol. The van der Waals surface area contributed by atoms with Gasteiger partial charge in [0.2, 0.25) is 0 Å². The molecule has 0 radical (unpaired) electrons. The Bertz CT molecular complexity index is 1340. The van der Waals surface area contributed by atoms with E-state index >= 15 is 0 Å². The summed E-state index contributed by atoms with van der Waals surface area (Å²) in [7, 11) is 0. The molecule has 3 N–H and O–H groups in total. The largest absolute Gasteiger partial charge is 0.408 e. The van der Waals surface area contributed by atoms with Crippen LogP contribution in [0.4, 0.5) is 36.6 Å². The number of alkyl halides is 7. The first kappa shape index (κ1) is 31.9. The van der Waals surface area contributed by atoms with E-state index in [1.54, 1.807) is 0 Å². The molecule has 2 fully saturated rings. The van der Waals surface area contributed by atoms with Crippen molar-refractivity contribution < 1.29 is 45.4 Å². The van der Waals surface area contributed by atoms with E-state index in [0.717, 1.165) is 17.2 Å². The molecule has 0 bridgehead atoms. The molecular weight excluding hydrogens is 595 g/mol. The normalized spacial score (nSPS) is 20.5. The zero-order valence-corrected chi connectivity index (χ0v) is 23.8. The van der Waals surface area contributed by atoms with Crippen molar-refractivity contribution in [3.05, 3.63) is 28.5 Å². The van der Waals surface area contributed by atoms with E-state index in [0.29, 0.717) is 24.2 Å². The van der Waals surface area contributed by atoms with E-state index in [9.17, 15) is 45.4 Å². The molecule has 4 rings (SSSR count). The number of pyridine rings is 1. The van der Waals surface area contributed by atoms with Crippen LogP contribution in [-0.4, -0.2) is 74.2 Å². The SMILES string of the molecule is C[C@H](NC(=O)c1nc(C(=O)N2CC(F)(F)C[C@@H]2C)c(-c2cnc(NC(C3CC3)C(F)(F)F)cc2C(F)F)s1)C(C)(C)O. The van der Waals surface area contributed by atoms with E-state index < -0.39 is 90.0 Å². The zero-order chi connectivity index (χ0) is 31.4. The van der Waals surface area contributed by atoms with E-state index in [1.807, 2.05) is 0 Å². The molecule has 1 unspecified atom stereocenters. The Morgan fingerprint density at radius 1 is 1.21 bits per heavy atom. The summed E-state index contributed by atoms with van der Waals surface area (Å²) >= 11 is 0.519. The van der Waals surface area contributed by atoms with Crippen LogP contribution in [0.1, 0.15) is 79.2 Å². The lowest BCUT2D eigenvalue weighted by atomic mass is 10.0. The number of rotatable bonds is 9. The molecule has 1 saturated heterocycles. The second-order valence-corrected chi connectivity index (χ2v) is 12.3. The minimum Gasteiger partial charge on any atom is -0.388 e. The third-order valence-electron chi connectivity index (χ3n) is 7.39. The number of amides is 2. The molecule has 2 aromatic rings. The van der Waals surface area contributed by atoms with Crippen LogP contribution >= 0.6 is 11.3 Å². The maximum Gasteiger partial charge on any atom is 0.408 e. The summed E-state index contributed by atoms with van der Waals surface area (Å²) in [5.74, 6) is -6.29. The minimum atomic E-state index is -4.65. The van der Waals surface area contributed by atoms with Crippen LogP contribution in [0, 0.1) is 5.92 Å². The number of carbonyl (C=O) groups is 2. The highest BCUT2D eigenvalue weighted by Crippen LogP contribution is 2.43. The smallest absolute Gasteiger partial charge is 0.388 e. The zero-order valence-electron chi connectivity index (χ0n) is 23.0. The van der Waals surface area contributed by atoms with Crippen LogP contribution in [0.25, 0.3) is 10.4 Å². The van der Waals surface area contributed by atoms with Gasteiger partial charge in [-0.25, -0.2) is 27.5 Å². The Morgan fingerprint density at radius 2 is 1.86 bits per heavy atom. The molecule has 8 nitrogen and oxygen atoms in total. The van der Waals surface area contributed by atoms with Crippen molar-refractivity contribution in [2.24, 2.45) is 5.92 Å². The molecule has 2 amide bonds. The Labute approximate surface area is 240 Å². The van der Waals surface area contributed by atoms with Gasteiger partial charge >= 0.3 is 6.18 Å². The molecule has 1 aliphatic heterocycles. The fraction of sp³-hybridized carbons (Fsp3) is 0.615. The predicted octanol–water partition coefficient (Wildman–Crippen LogP) is 5.65. The highest BCUT2D eigenvalue weighted by molar-refractivity contribution is 7.17.